The molecule has 0 aliphatic rings. The summed E-state index contributed by atoms with van der Waals surface area (Å²) in [5, 5.41) is 7.58. The van der Waals surface area contributed by atoms with Crippen molar-refractivity contribution < 1.29 is 4.79 Å². The smallest absolute Gasteiger partial charge is 0.279 e. The van der Waals surface area contributed by atoms with Gasteiger partial charge >= 0.3 is 0 Å². The summed E-state index contributed by atoms with van der Waals surface area (Å²) in [6.45, 7) is 1.85. The van der Waals surface area contributed by atoms with E-state index in [9.17, 15) is 9.59 Å². The van der Waals surface area contributed by atoms with E-state index >= 15 is 0 Å². The molecule has 196 valence electrons. The van der Waals surface area contributed by atoms with Crippen LogP contribution in [0.15, 0.2) is 95.8 Å². The SMILES string of the molecule is Cc1ccc(NC(=O)CNn2c(Cc3ccccc3Nc3c(Cl)cccc3Cl)nc3ccccc3c2=O)cc1. The van der Waals surface area contributed by atoms with Crippen LogP contribution in [0.25, 0.3) is 10.9 Å². The molecule has 0 unspecified atom stereocenters. The van der Waals surface area contributed by atoms with Gasteiger partial charge < -0.3 is 16.1 Å². The third-order valence-corrected chi connectivity index (χ3v) is 6.80. The number of nitrogens with zero attached hydrogens (tertiary/aromatic N) is 2. The monoisotopic (exact) mass is 557 g/mol. The first-order chi connectivity index (χ1) is 18.9. The Bertz CT molecular complexity index is 1700. The quantitative estimate of drug-likeness (QED) is 0.202. The molecule has 0 fully saturated rings. The maximum Gasteiger partial charge on any atom is 0.279 e. The Labute approximate surface area is 235 Å². The lowest BCUT2D eigenvalue weighted by Gasteiger charge is -2.18. The van der Waals surface area contributed by atoms with E-state index in [1.54, 1.807) is 36.4 Å². The summed E-state index contributed by atoms with van der Waals surface area (Å²) in [6, 6.07) is 27.5. The number of hydrogen-bond acceptors (Lipinski definition) is 5. The van der Waals surface area contributed by atoms with Crippen LogP contribution >= 0.6 is 23.2 Å². The molecule has 39 heavy (non-hydrogen) atoms. The first kappa shape index (κ1) is 26.3. The number of benzene rings is 4. The molecule has 0 saturated carbocycles. The van der Waals surface area contributed by atoms with Crippen molar-refractivity contribution in [3.63, 3.8) is 0 Å². The highest BCUT2D eigenvalue weighted by molar-refractivity contribution is 6.39. The molecule has 1 amide bonds. The molecule has 0 spiro atoms. The van der Waals surface area contributed by atoms with Gasteiger partial charge in [0.1, 0.15) is 12.4 Å². The molecule has 5 rings (SSSR count). The van der Waals surface area contributed by atoms with Crippen LogP contribution in [0.5, 0.6) is 0 Å². The highest BCUT2D eigenvalue weighted by atomic mass is 35.5. The van der Waals surface area contributed by atoms with Gasteiger partial charge in [0.2, 0.25) is 5.91 Å². The van der Waals surface area contributed by atoms with E-state index in [0.717, 1.165) is 16.8 Å². The van der Waals surface area contributed by atoms with Gasteiger partial charge in [-0.05, 0) is 55.0 Å². The van der Waals surface area contributed by atoms with Crippen LogP contribution < -0.4 is 21.6 Å². The number of rotatable bonds is 8. The zero-order valence-corrected chi connectivity index (χ0v) is 22.6. The summed E-state index contributed by atoms with van der Waals surface area (Å²) < 4.78 is 1.34. The number of para-hydroxylation sites is 3. The molecule has 1 aromatic heterocycles. The maximum absolute atomic E-state index is 13.5. The van der Waals surface area contributed by atoms with E-state index in [2.05, 4.69) is 16.1 Å². The van der Waals surface area contributed by atoms with Crippen LogP contribution in [0, 0.1) is 6.92 Å². The molecule has 0 bridgehead atoms. The fraction of sp³-hybridized carbons (Fsp3) is 0.100. The topological polar surface area (TPSA) is 88.1 Å². The fourth-order valence-corrected chi connectivity index (χ4v) is 4.66. The lowest BCUT2D eigenvalue weighted by molar-refractivity contribution is -0.114. The predicted molar refractivity (Wildman–Crippen MR) is 159 cm³/mol. The van der Waals surface area contributed by atoms with Crippen molar-refractivity contribution in [3.05, 3.63) is 128 Å². The first-order valence-corrected chi connectivity index (χ1v) is 13.0. The van der Waals surface area contributed by atoms with E-state index in [4.69, 9.17) is 28.2 Å². The third kappa shape index (κ3) is 6.06. The zero-order valence-electron chi connectivity index (χ0n) is 21.0. The molecule has 5 aromatic rings. The normalized spacial score (nSPS) is 10.8. The van der Waals surface area contributed by atoms with Crippen molar-refractivity contribution in [2.45, 2.75) is 13.3 Å². The number of carbonyl (C=O) groups is 1. The molecular weight excluding hydrogens is 533 g/mol. The predicted octanol–water partition coefficient (Wildman–Crippen LogP) is 6.53. The van der Waals surface area contributed by atoms with Crippen LogP contribution in [0.1, 0.15) is 17.0 Å². The minimum Gasteiger partial charge on any atom is -0.353 e. The number of halogens is 2. The number of carbonyl (C=O) groups excluding carboxylic acids is 1. The second kappa shape index (κ2) is 11.6. The minimum atomic E-state index is -0.293. The molecule has 0 aliphatic carbocycles. The molecule has 0 radical (unpaired) electrons. The molecule has 3 N–H and O–H groups in total. The summed E-state index contributed by atoms with van der Waals surface area (Å²) in [7, 11) is 0. The largest absolute Gasteiger partial charge is 0.353 e. The van der Waals surface area contributed by atoms with Gasteiger partial charge in [0, 0.05) is 17.8 Å². The highest BCUT2D eigenvalue weighted by Crippen LogP contribution is 2.34. The summed E-state index contributed by atoms with van der Waals surface area (Å²) in [5.74, 6) is 0.154. The first-order valence-electron chi connectivity index (χ1n) is 12.3. The molecule has 1 heterocycles. The molecular formula is C30H25Cl2N5O2. The Balaban J connectivity index is 1.46. The van der Waals surface area contributed by atoms with E-state index in [1.165, 1.54) is 4.68 Å². The number of nitrogens with one attached hydrogen (secondary N) is 3. The average molecular weight is 558 g/mol. The Morgan fingerprint density at radius 2 is 1.56 bits per heavy atom. The van der Waals surface area contributed by atoms with Crippen LogP contribution in [0.4, 0.5) is 17.1 Å². The van der Waals surface area contributed by atoms with Crippen molar-refractivity contribution in [1.29, 1.82) is 0 Å². The van der Waals surface area contributed by atoms with Crippen molar-refractivity contribution in [2.24, 2.45) is 0 Å². The summed E-state index contributed by atoms with van der Waals surface area (Å²) >= 11 is 12.8. The highest BCUT2D eigenvalue weighted by Gasteiger charge is 2.15. The van der Waals surface area contributed by atoms with Crippen molar-refractivity contribution in [3.8, 4) is 0 Å². The second-order valence-electron chi connectivity index (χ2n) is 8.99. The van der Waals surface area contributed by atoms with Crippen LogP contribution in [0.2, 0.25) is 10.0 Å². The van der Waals surface area contributed by atoms with E-state index in [-0.39, 0.29) is 24.4 Å². The number of amides is 1. The number of hydrogen-bond donors (Lipinski definition) is 3. The van der Waals surface area contributed by atoms with E-state index in [1.807, 2.05) is 61.5 Å². The van der Waals surface area contributed by atoms with Gasteiger partial charge in [-0.1, -0.05) is 77.3 Å². The molecule has 0 aliphatic heterocycles. The fourth-order valence-electron chi connectivity index (χ4n) is 4.17. The Kier molecular flexibility index (Phi) is 7.81. The van der Waals surface area contributed by atoms with E-state index in [0.29, 0.717) is 38.1 Å². The van der Waals surface area contributed by atoms with Gasteiger partial charge in [0.15, 0.2) is 0 Å². The molecule has 0 atom stereocenters. The molecule has 9 heteroatoms. The summed E-state index contributed by atoms with van der Waals surface area (Å²) in [6.07, 6.45) is 0.290. The zero-order chi connectivity index (χ0) is 27.4. The maximum atomic E-state index is 13.5. The van der Waals surface area contributed by atoms with Gasteiger partial charge in [0.25, 0.3) is 5.56 Å². The summed E-state index contributed by atoms with van der Waals surface area (Å²) in [5.41, 5.74) is 7.23. The Morgan fingerprint density at radius 3 is 2.33 bits per heavy atom. The summed E-state index contributed by atoms with van der Waals surface area (Å²) in [4.78, 5) is 31.0. The van der Waals surface area contributed by atoms with Gasteiger partial charge in [-0.2, -0.15) is 0 Å². The average Bonchev–Trinajstić information content (AvgIpc) is 2.93. The minimum absolute atomic E-state index is 0.129. The standard InChI is InChI=1S/C30H25Cl2N5O2/c1-19-13-15-21(16-14-19)34-28(38)18-33-37-27(35-26-12-5-3-8-22(26)30(37)39)17-20-7-2-4-11-25(20)36-29-23(31)9-6-10-24(29)32/h2-16,33,36H,17-18H2,1H3,(H,34,38). The number of aryl methyl sites for hydroxylation is 1. The number of fused-ring (bicyclic) bond motifs is 1. The van der Waals surface area contributed by atoms with Gasteiger partial charge in [-0.25, -0.2) is 9.66 Å². The van der Waals surface area contributed by atoms with Crippen LogP contribution in [0.3, 0.4) is 0 Å². The van der Waals surface area contributed by atoms with Crippen molar-refractivity contribution >= 4 is 57.1 Å². The van der Waals surface area contributed by atoms with Crippen molar-refractivity contribution in [1.82, 2.24) is 9.66 Å². The lowest BCUT2D eigenvalue weighted by atomic mass is 10.1. The Hall–Kier alpha value is -4.33. The van der Waals surface area contributed by atoms with Gasteiger partial charge in [0.05, 0.1) is 26.6 Å². The number of anilines is 3. The lowest BCUT2D eigenvalue weighted by Crippen LogP contribution is -2.37. The van der Waals surface area contributed by atoms with Gasteiger partial charge in [-0.15, -0.1) is 0 Å². The second-order valence-corrected chi connectivity index (χ2v) is 9.80. The number of aromatic nitrogens is 2. The molecule has 7 nitrogen and oxygen atoms in total. The van der Waals surface area contributed by atoms with Gasteiger partial charge in [-0.3, -0.25) is 9.59 Å². The van der Waals surface area contributed by atoms with Crippen LogP contribution in [-0.2, 0) is 11.2 Å². The van der Waals surface area contributed by atoms with Crippen LogP contribution in [-0.4, -0.2) is 22.1 Å². The van der Waals surface area contributed by atoms with E-state index < -0.39 is 0 Å². The molecule has 0 saturated heterocycles. The third-order valence-electron chi connectivity index (χ3n) is 6.17. The molecule has 4 aromatic carbocycles. The van der Waals surface area contributed by atoms with Crippen molar-refractivity contribution in [2.75, 3.05) is 22.6 Å². The Morgan fingerprint density at radius 1 is 0.872 bits per heavy atom.